The van der Waals surface area contributed by atoms with Gasteiger partial charge in [-0.25, -0.2) is 9.18 Å². The fourth-order valence-electron chi connectivity index (χ4n) is 3.47. The summed E-state index contributed by atoms with van der Waals surface area (Å²) in [5, 5.41) is 2.70. The first-order chi connectivity index (χ1) is 15.4. The lowest BCUT2D eigenvalue weighted by molar-refractivity contribution is -0.142. The van der Waals surface area contributed by atoms with Crippen LogP contribution in [0.15, 0.2) is 18.2 Å². The van der Waals surface area contributed by atoms with E-state index in [1.54, 1.807) is 25.7 Å². The lowest BCUT2D eigenvalue weighted by atomic mass is 10.0. The predicted octanol–water partition coefficient (Wildman–Crippen LogP) is 3.81. The Morgan fingerprint density at radius 2 is 1.82 bits per heavy atom. The zero-order valence-corrected chi connectivity index (χ0v) is 20.3. The summed E-state index contributed by atoms with van der Waals surface area (Å²) in [7, 11) is 0. The molecule has 1 aromatic carbocycles. The third-order valence-corrected chi connectivity index (χ3v) is 5.11. The van der Waals surface area contributed by atoms with E-state index in [4.69, 9.17) is 14.2 Å². The Kier molecular flexibility index (Phi) is 9.07. The van der Waals surface area contributed by atoms with E-state index in [2.05, 4.69) is 5.32 Å². The van der Waals surface area contributed by atoms with Crippen LogP contribution in [0.4, 0.5) is 9.18 Å². The third kappa shape index (κ3) is 8.55. The number of rotatable bonds is 7. The van der Waals surface area contributed by atoms with E-state index >= 15 is 0 Å². The van der Waals surface area contributed by atoms with Crippen molar-refractivity contribution in [2.45, 2.75) is 78.7 Å². The Morgan fingerprint density at radius 3 is 2.36 bits per heavy atom. The zero-order chi connectivity index (χ0) is 24.8. The second-order valence-corrected chi connectivity index (χ2v) is 9.54. The van der Waals surface area contributed by atoms with Crippen LogP contribution < -0.4 is 10.1 Å². The molecule has 1 aliphatic rings. The number of carbonyl (C=O) groups is 3. The van der Waals surface area contributed by atoms with Crippen molar-refractivity contribution in [1.29, 1.82) is 0 Å². The molecule has 1 fully saturated rings. The highest BCUT2D eigenvalue weighted by Gasteiger charge is 2.33. The largest absolute Gasteiger partial charge is 0.490 e. The average molecular weight is 467 g/mol. The molecule has 1 aliphatic heterocycles. The minimum atomic E-state index is -0.690. The van der Waals surface area contributed by atoms with Crippen molar-refractivity contribution in [3.05, 3.63) is 29.6 Å². The number of piperidine rings is 1. The van der Waals surface area contributed by atoms with Gasteiger partial charge in [0.1, 0.15) is 35.9 Å². The third-order valence-electron chi connectivity index (χ3n) is 5.11. The number of amides is 2. The van der Waals surface area contributed by atoms with Crippen LogP contribution >= 0.6 is 0 Å². The number of nitrogens with zero attached hydrogens (tertiary/aromatic N) is 1. The highest BCUT2D eigenvalue weighted by atomic mass is 19.1. The maximum absolute atomic E-state index is 13.6. The molecular formula is C24H35FN2O6. The molecule has 1 heterocycles. The van der Waals surface area contributed by atoms with E-state index in [9.17, 15) is 18.8 Å². The number of hydrogen-bond acceptors (Lipinski definition) is 6. The first-order valence-electron chi connectivity index (χ1n) is 11.2. The summed E-state index contributed by atoms with van der Waals surface area (Å²) in [6, 6.07) is 3.41. The summed E-state index contributed by atoms with van der Waals surface area (Å²) >= 11 is 0. The molecule has 0 aromatic heterocycles. The minimum Gasteiger partial charge on any atom is -0.490 e. The van der Waals surface area contributed by atoms with Gasteiger partial charge in [0.05, 0.1) is 0 Å². The quantitative estimate of drug-likeness (QED) is 0.614. The molecule has 0 aliphatic carbocycles. The van der Waals surface area contributed by atoms with Gasteiger partial charge in [-0.3, -0.25) is 9.59 Å². The maximum Gasteiger partial charge on any atom is 0.408 e. The summed E-state index contributed by atoms with van der Waals surface area (Å²) in [4.78, 5) is 38.1. The number of esters is 1. The monoisotopic (exact) mass is 466 g/mol. The molecule has 9 heteroatoms. The molecule has 8 nitrogen and oxygen atoms in total. The average Bonchev–Trinajstić information content (AvgIpc) is 2.70. The maximum atomic E-state index is 13.6. The highest BCUT2D eigenvalue weighted by Crippen LogP contribution is 2.25. The number of hydrogen-bond donors (Lipinski definition) is 1. The molecule has 0 saturated carbocycles. The normalized spacial score (nSPS) is 15.7. The fraction of sp³-hybridized carbons (Fsp3) is 0.625. The zero-order valence-electron chi connectivity index (χ0n) is 20.3. The number of carbonyl (C=O) groups excluding carboxylic acids is 3. The molecular weight excluding hydrogens is 431 g/mol. The van der Waals surface area contributed by atoms with Crippen LogP contribution in [0.3, 0.4) is 0 Å². The van der Waals surface area contributed by atoms with Crippen LogP contribution in [-0.4, -0.2) is 53.7 Å². The molecule has 0 bridgehead atoms. The fourth-order valence-corrected chi connectivity index (χ4v) is 3.47. The van der Waals surface area contributed by atoms with Gasteiger partial charge in [-0.2, -0.15) is 0 Å². The van der Waals surface area contributed by atoms with Gasteiger partial charge in [0.2, 0.25) is 5.91 Å². The van der Waals surface area contributed by atoms with Gasteiger partial charge in [-0.15, -0.1) is 0 Å². The van der Waals surface area contributed by atoms with Gasteiger partial charge in [0.25, 0.3) is 0 Å². The van der Waals surface area contributed by atoms with Gasteiger partial charge in [-0.1, -0.05) is 13.8 Å². The molecule has 1 atom stereocenters. The number of halogens is 1. The van der Waals surface area contributed by atoms with Crippen molar-refractivity contribution in [1.82, 2.24) is 10.2 Å². The van der Waals surface area contributed by atoms with Gasteiger partial charge in [0.15, 0.2) is 0 Å². The van der Waals surface area contributed by atoms with E-state index in [1.165, 1.54) is 25.1 Å². The van der Waals surface area contributed by atoms with Gasteiger partial charge < -0.3 is 24.4 Å². The van der Waals surface area contributed by atoms with E-state index in [0.29, 0.717) is 37.2 Å². The summed E-state index contributed by atoms with van der Waals surface area (Å²) in [6.07, 6.45) is 0.358. The number of likely N-dealkylation sites (tertiary alicyclic amines) is 1. The Hall–Kier alpha value is -2.84. The molecule has 33 heavy (non-hydrogen) atoms. The molecule has 184 valence electrons. The summed E-state index contributed by atoms with van der Waals surface area (Å²) in [5.41, 5.74) is -0.205. The van der Waals surface area contributed by atoms with Crippen molar-refractivity contribution in [2.24, 2.45) is 5.92 Å². The molecule has 2 rings (SSSR count). The summed E-state index contributed by atoms with van der Waals surface area (Å²) in [6.45, 7) is 11.2. The van der Waals surface area contributed by atoms with Gasteiger partial charge in [0, 0.05) is 38.4 Å². The molecule has 1 saturated heterocycles. The van der Waals surface area contributed by atoms with Crippen LogP contribution in [-0.2, 0) is 25.7 Å². The Balaban J connectivity index is 1.96. The van der Waals surface area contributed by atoms with Crippen LogP contribution in [0.2, 0.25) is 0 Å². The molecule has 2 amide bonds. The number of alkyl carbamates (subject to hydrolysis) is 1. The van der Waals surface area contributed by atoms with Crippen molar-refractivity contribution in [2.75, 3.05) is 13.1 Å². The molecule has 0 spiro atoms. The number of nitrogens with one attached hydrogen (secondary N) is 1. The van der Waals surface area contributed by atoms with E-state index in [-0.39, 0.29) is 24.5 Å². The van der Waals surface area contributed by atoms with Crippen LogP contribution in [0, 0.1) is 11.7 Å². The SMILES string of the molecule is CC(=O)OCc1cc(F)ccc1OC1CCN(C(=O)[C@@H](NC(=O)OC(C)(C)C)C(C)C)CC1. The molecule has 1 N–H and O–H groups in total. The first-order valence-corrected chi connectivity index (χ1v) is 11.2. The predicted molar refractivity (Wildman–Crippen MR) is 120 cm³/mol. The Bertz CT molecular complexity index is 844. The summed E-state index contributed by atoms with van der Waals surface area (Å²) in [5.74, 6) is -0.721. The Morgan fingerprint density at radius 1 is 1.18 bits per heavy atom. The van der Waals surface area contributed by atoms with Crippen molar-refractivity contribution < 1.29 is 33.0 Å². The standard InChI is InChI=1S/C24H35FN2O6/c1-15(2)21(26-23(30)33-24(4,5)6)22(29)27-11-9-19(10-12-27)32-20-8-7-18(25)13-17(20)14-31-16(3)28/h7-8,13,15,19,21H,9-12,14H2,1-6H3,(H,26,30)/t21-/m0/s1. The minimum absolute atomic E-state index is 0.0772. The molecule has 0 unspecified atom stereocenters. The summed E-state index contributed by atoms with van der Waals surface area (Å²) < 4.78 is 30.0. The smallest absolute Gasteiger partial charge is 0.408 e. The van der Waals surface area contributed by atoms with Crippen LogP contribution in [0.25, 0.3) is 0 Å². The van der Waals surface area contributed by atoms with Crippen molar-refractivity contribution in [3.8, 4) is 5.75 Å². The number of ether oxygens (including phenoxy) is 3. The Labute approximate surface area is 194 Å². The lowest BCUT2D eigenvalue weighted by Gasteiger charge is -2.35. The number of benzene rings is 1. The molecule has 0 radical (unpaired) electrons. The van der Waals surface area contributed by atoms with Crippen LogP contribution in [0.1, 0.15) is 59.9 Å². The van der Waals surface area contributed by atoms with Gasteiger partial charge >= 0.3 is 12.1 Å². The van der Waals surface area contributed by atoms with E-state index in [1.807, 2.05) is 13.8 Å². The van der Waals surface area contributed by atoms with Crippen molar-refractivity contribution in [3.63, 3.8) is 0 Å². The molecule has 1 aromatic rings. The highest BCUT2D eigenvalue weighted by molar-refractivity contribution is 5.86. The topological polar surface area (TPSA) is 94.2 Å². The first kappa shape index (κ1) is 26.4. The van der Waals surface area contributed by atoms with Gasteiger partial charge in [-0.05, 0) is 44.9 Å². The van der Waals surface area contributed by atoms with Crippen LogP contribution in [0.5, 0.6) is 5.75 Å². The van der Waals surface area contributed by atoms with Crippen molar-refractivity contribution >= 4 is 18.0 Å². The van der Waals surface area contributed by atoms with E-state index < -0.39 is 29.5 Å². The second-order valence-electron chi connectivity index (χ2n) is 9.54. The lowest BCUT2D eigenvalue weighted by Crippen LogP contribution is -2.54. The second kappa shape index (κ2) is 11.3. The van der Waals surface area contributed by atoms with E-state index in [0.717, 1.165) is 0 Å².